The molecule has 1 saturated heterocycles. The van der Waals surface area contributed by atoms with Gasteiger partial charge in [0.15, 0.2) is 22.9 Å². The normalized spacial score (nSPS) is 16.4. The topological polar surface area (TPSA) is 109 Å². The maximum atomic E-state index is 14.0. The van der Waals surface area contributed by atoms with Gasteiger partial charge in [0.25, 0.3) is 11.5 Å². The Balaban J connectivity index is 1.54. The van der Waals surface area contributed by atoms with Crippen molar-refractivity contribution < 1.29 is 28.5 Å². The molecule has 1 atom stereocenters. The van der Waals surface area contributed by atoms with Crippen molar-refractivity contribution in [3.63, 3.8) is 0 Å². The fourth-order valence-electron chi connectivity index (χ4n) is 5.31. The third-order valence-corrected chi connectivity index (χ3v) is 8.99. The number of amides is 1. The van der Waals surface area contributed by atoms with Crippen LogP contribution in [0.25, 0.3) is 6.08 Å². The Hall–Kier alpha value is -3.90. The summed E-state index contributed by atoms with van der Waals surface area (Å²) in [6.07, 6.45) is 3.78. The lowest BCUT2D eigenvalue weighted by atomic mass is 9.96. The summed E-state index contributed by atoms with van der Waals surface area (Å²) in [4.78, 5) is 46.6. The van der Waals surface area contributed by atoms with Crippen molar-refractivity contribution in [2.45, 2.75) is 39.7 Å². The van der Waals surface area contributed by atoms with Gasteiger partial charge >= 0.3 is 5.97 Å². The Bertz CT molecular complexity index is 1790. The van der Waals surface area contributed by atoms with E-state index in [1.54, 1.807) is 50.1 Å². The number of likely N-dealkylation sites (tertiary alicyclic amines) is 1. The first-order valence-corrected chi connectivity index (χ1v) is 16.1. The Morgan fingerprint density at radius 2 is 1.80 bits per heavy atom. The van der Waals surface area contributed by atoms with E-state index in [2.05, 4.69) is 20.9 Å². The number of halogens is 1. The third-order valence-electron chi connectivity index (χ3n) is 7.38. The van der Waals surface area contributed by atoms with E-state index in [9.17, 15) is 14.4 Å². The van der Waals surface area contributed by atoms with Gasteiger partial charge in [-0.05, 0) is 91.0 Å². The quantitative estimate of drug-likeness (QED) is 0.298. The number of benzene rings is 2. The van der Waals surface area contributed by atoms with E-state index in [0.717, 1.165) is 25.9 Å². The van der Waals surface area contributed by atoms with E-state index in [0.29, 0.717) is 60.1 Å². The monoisotopic (exact) mass is 683 g/mol. The molecular weight excluding hydrogens is 650 g/mol. The molecule has 232 valence electrons. The minimum Gasteiger partial charge on any atom is -0.496 e. The number of aromatic nitrogens is 1. The van der Waals surface area contributed by atoms with Gasteiger partial charge in [-0.25, -0.2) is 9.79 Å². The van der Waals surface area contributed by atoms with Gasteiger partial charge in [-0.2, -0.15) is 0 Å². The molecule has 1 aromatic heterocycles. The van der Waals surface area contributed by atoms with Gasteiger partial charge in [0, 0.05) is 13.1 Å². The van der Waals surface area contributed by atoms with Crippen LogP contribution in [0.4, 0.5) is 0 Å². The molecule has 5 rings (SSSR count). The highest BCUT2D eigenvalue weighted by atomic mass is 79.9. The Morgan fingerprint density at radius 3 is 2.48 bits per heavy atom. The van der Waals surface area contributed by atoms with E-state index in [4.69, 9.17) is 18.9 Å². The summed E-state index contributed by atoms with van der Waals surface area (Å²) in [5.41, 5.74) is 1.89. The summed E-state index contributed by atoms with van der Waals surface area (Å²) in [6.45, 7) is 7.38. The summed E-state index contributed by atoms with van der Waals surface area (Å²) in [5.74, 6) is 0.978. The van der Waals surface area contributed by atoms with Crippen molar-refractivity contribution in [3.05, 3.63) is 83.0 Å². The standard InChI is InChI=1S/C32H34BrN3O7S/c1-5-41-25-15-20(9-11-24(25)43-18-27(37)35-13-7-8-14-35)16-26-30(38)36-29(21-10-12-23(40-4)22(33)17-21)28(31(39)42-6-2)19(3)34-32(36)44-26/h9-12,15-17,29H,5-8,13-14,18H2,1-4H3/b26-16+/t29-/m0/s1. The molecule has 10 nitrogen and oxygen atoms in total. The van der Waals surface area contributed by atoms with Crippen molar-refractivity contribution >= 4 is 45.2 Å². The van der Waals surface area contributed by atoms with Gasteiger partial charge in [0.05, 0.1) is 46.6 Å². The van der Waals surface area contributed by atoms with Crippen LogP contribution >= 0.6 is 27.3 Å². The molecule has 12 heteroatoms. The zero-order chi connectivity index (χ0) is 31.4. The Kier molecular flexibility index (Phi) is 9.90. The van der Waals surface area contributed by atoms with Gasteiger partial charge in [-0.15, -0.1) is 0 Å². The Labute approximate surface area is 267 Å². The molecule has 0 bridgehead atoms. The lowest BCUT2D eigenvalue weighted by Gasteiger charge is -2.25. The second kappa shape index (κ2) is 13.8. The van der Waals surface area contributed by atoms with Crippen LogP contribution < -0.4 is 29.1 Å². The van der Waals surface area contributed by atoms with Crippen molar-refractivity contribution in [1.82, 2.24) is 9.47 Å². The third kappa shape index (κ3) is 6.46. The minimum atomic E-state index is -0.752. The number of rotatable bonds is 10. The van der Waals surface area contributed by atoms with E-state index >= 15 is 0 Å². The minimum absolute atomic E-state index is 0.0499. The van der Waals surface area contributed by atoms with Crippen LogP contribution in [-0.4, -0.2) is 61.4 Å². The lowest BCUT2D eigenvalue weighted by molar-refractivity contribution is -0.139. The van der Waals surface area contributed by atoms with Crippen LogP contribution in [0.1, 0.15) is 50.8 Å². The predicted octanol–water partition coefficient (Wildman–Crippen LogP) is 3.97. The van der Waals surface area contributed by atoms with Crippen LogP contribution in [-0.2, 0) is 14.3 Å². The number of esters is 1. The maximum absolute atomic E-state index is 14.0. The van der Waals surface area contributed by atoms with Gasteiger partial charge in [-0.3, -0.25) is 14.2 Å². The molecule has 2 aliphatic heterocycles. The second-order valence-electron chi connectivity index (χ2n) is 10.2. The van der Waals surface area contributed by atoms with Crippen molar-refractivity contribution in [2.24, 2.45) is 4.99 Å². The number of thiazole rings is 1. The van der Waals surface area contributed by atoms with Gasteiger partial charge in [0.2, 0.25) is 0 Å². The molecule has 0 unspecified atom stereocenters. The number of allylic oxidation sites excluding steroid dienone is 1. The first-order valence-electron chi connectivity index (χ1n) is 14.5. The molecule has 1 fully saturated rings. The van der Waals surface area contributed by atoms with E-state index in [1.165, 1.54) is 15.9 Å². The molecular formula is C32H34BrN3O7S. The summed E-state index contributed by atoms with van der Waals surface area (Å²) < 4.78 is 25.1. The number of ether oxygens (including phenoxy) is 4. The van der Waals surface area contributed by atoms with Crippen LogP contribution in [0.2, 0.25) is 0 Å². The number of hydrogen-bond acceptors (Lipinski definition) is 9. The van der Waals surface area contributed by atoms with Crippen LogP contribution in [0.5, 0.6) is 17.2 Å². The summed E-state index contributed by atoms with van der Waals surface area (Å²) in [5, 5.41) is 0. The Morgan fingerprint density at radius 1 is 1.05 bits per heavy atom. The highest BCUT2D eigenvalue weighted by Crippen LogP contribution is 2.35. The number of fused-ring (bicyclic) bond motifs is 1. The average Bonchev–Trinajstić information content (AvgIpc) is 3.65. The summed E-state index contributed by atoms with van der Waals surface area (Å²) >= 11 is 4.76. The van der Waals surface area contributed by atoms with Crippen LogP contribution in [0, 0.1) is 0 Å². The fraction of sp³-hybridized carbons (Fsp3) is 0.375. The summed E-state index contributed by atoms with van der Waals surface area (Å²) in [6, 6.07) is 10.0. The SMILES string of the molecule is CCOC(=O)C1=C(C)N=c2s/c(=C/c3ccc(OCC(=O)N4CCCC4)c(OCC)c3)c(=O)n2[C@H]1c1ccc(OC)c(Br)c1. The second-order valence-corrected chi connectivity index (χ2v) is 12.1. The maximum Gasteiger partial charge on any atom is 0.338 e. The summed E-state index contributed by atoms with van der Waals surface area (Å²) in [7, 11) is 1.57. The van der Waals surface area contributed by atoms with E-state index in [1.807, 2.05) is 25.1 Å². The predicted molar refractivity (Wildman–Crippen MR) is 170 cm³/mol. The fourth-order valence-corrected chi connectivity index (χ4v) is 6.92. The van der Waals surface area contributed by atoms with Crippen LogP contribution in [0.15, 0.2) is 61.9 Å². The molecule has 2 aromatic carbocycles. The molecule has 3 aromatic rings. The number of nitrogens with zero attached hydrogens (tertiary/aromatic N) is 3. The zero-order valence-corrected chi connectivity index (χ0v) is 27.5. The number of methoxy groups -OCH3 is 1. The zero-order valence-electron chi connectivity index (χ0n) is 25.1. The molecule has 2 aliphatic rings. The molecule has 0 spiro atoms. The number of carbonyl (C=O) groups is 2. The first kappa shape index (κ1) is 31.5. The molecule has 44 heavy (non-hydrogen) atoms. The molecule has 3 heterocycles. The molecule has 0 aliphatic carbocycles. The molecule has 0 radical (unpaired) electrons. The van der Waals surface area contributed by atoms with Crippen molar-refractivity contribution in [2.75, 3.05) is 40.0 Å². The van der Waals surface area contributed by atoms with E-state index < -0.39 is 12.0 Å². The van der Waals surface area contributed by atoms with Gasteiger partial charge < -0.3 is 23.8 Å². The molecule has 0 saturated carbocycles. The highest BCUT2D eigenvalue weighted by molar-refractivity contribution is 9.10. The lowest BCUT2D eigenvalue weighted by Crippen LogP contribution is -2.40. The van der Waals surface area contributed by atoms with E-state index in [-0.39, 0.29) is 24.7 Å². The van der Waals surface area contributed by atoms with Gasteiger partial charge in [-0.1, -0.05) is 23.5 Å². The largest absolute Gasteiger partial charge is 0.496 e. The first-order chi connectivity index (χ1) is 21.2. The van der Waals surface area contributed by atoms with Crippen molar-refractivity contribution in [1.29, 1.82) is 0 Å². The molecule has 0 N–H and O–H groups in total. The smallest absolute Gasteiger partial charge is 0.338 e. The van der Waals surface area contributed by atoms with Crippen molar-refractivity contribution in [3.8, 4) is 17.2 Å². The number of hydrogen-bond donors (Lipinski definition) is 0. The highest BCUT2D eigenvalue weighted by Gasteiger charge is 2.33. The van der Waals surface area contributed by atoms with Crippen LogP contribution in [0.3, 0.4) is 0 Å². The number of carbonyl (C=O) groups excluding carboxylic acids is 2. The molecule has 1 amide bonds. The van der Waals surface area contributed by atoms with Gasteiger partial charge in [0.1, 0.15) is 5.75 Å². The average molecular weight is 685 g/mol.